The smallest absolute Gasteiger partial charge is 0.409 e. The summed E-state index contributed by atoms with van der Waals surface area (Å²) in [5.74, 6) is 0.716. The van der Waals surface area contributed by atoms with E-state index in [1.807, 2.05) is 4.57 Å². The Bertz CT molecular complexity index is 786. The van der Waals surface area contributed by atoms with Crippen LogP contribution < -0.4 is 0 Å². The van der Waals surface area contributed by atoms with Crippen molar-refractivity contribution in [1.82, 2.24) is 34.8 Å². The number of H-pyrrole nitrogens is 1. The molecule has 4 rings (SSSR count). The number of hydrogen-bond donors (Lipinski definition) is 1. The van der Waals surface area contributed by atoms with Crippen molar-refractivity contribution in [2.24, 2.45) is 0 Å². The lowest BCUT2D eigenvalue weighted by atomic mass is 10.1. The highest BCUT2D eigenvalue weighted by Gasteiger charge is 2.27. The minimum atomic E-state index is -0.334. The summed E-state index contributed by atoms with van der Waals surface area (Å²) in [4.78, 5) is 32.3. The maximum atomic E-state index is 12.8. The van der Waals surface area contributed by atoms with Gasteiger partial charge in [-0.2, -0.15) is 15.4 Å². The maximum Gasteiger partial charge on any atom is 0.409 e. The molecule has 0 aliphatic carbocycles. The lowest BCUT2D eigenvalue weighted by molar-refractivity contribution is 0.0725. The van der Waals surface area contributed by atoms with Crippen molar-refractivity contribution in [3.63, 3.8) is 0 Å². The van der Waals surface area contributed by atoms with Gasteiger partial charge in [0.05, 0.1) is 19.3 Å². The van der Waals surface area contributed by atoms with Gasteiger partial charge in [0, 0.05) is 45.2 Å². The molecule has 10 nitrogen and oxygen atoms in total. The first kappa shape index (κ1) is 15.6. The highest BCUT2D eigenvalue weighted by atomic mass is 16.5. The van der Waals surface area contributed by atoms with E-state index in [4.69, 9.17) is 4.74 Å². The van der Waals surface area contributed by atoms with Crippen LogP contribution in [0.3, 0.4) is 0 Å². The van der Waals surface area contributed by atoms with E-state index >= 15 is 0 Å². The largest absolute Gasteiger partial charge is 0.453 e. The molecule has 0 saturated heterocycles. The Morgan fingerprint density at radius 3 is 2.72 bits per heavy atom. The third-order valence-electron chi connectivity index (χ3n) is 4.68. The molecule has 132 valence electrons. The molecule has 0 unspecified atom stereocenters. The van der Waals surface area contributed by atoms with Gasteiger partial charge in [0.2, 0.25) is 0 Å². The Morgan fingerprint density at radius 1 is 1.08 bits per heavy atom. The van der Waals surface area contributed by atoms with Crippen LogP contribution in [0.2, 0.25) is 0 Å². The van der Waals surface area contributed by atoms with E-state index in [0.29, 0.717) is 51.3 Å². The number of carbonyl (C=O) groups excluding carboxylic acids is 2. The number of hydrogen-bond acceptors (Lipinski definition) is 6. The van der Waals surface area contributed by atoms with Gasteiger partial charge in [-0.15, -0.1) is 0 Å². The van der Waals surface area contributed by atoms with E-state index in [2.05, 4.69) is 20.4 Å². The monoisotopic (exact) mass is 345 g/mol. The predicted molar refractivity (Wildman–Crippen MR) is 84.7 cm³/mol. The lowest BCUT2D eigenvalue weighted by Crippen LogP contribution is -2.36. The van der Waals surface area contributed by atoms with E-state index in [9.17, 15) is 9.59 Å². The van der Waals surface area contributed by atoms with Gasteiger partial charge >= 0.3 is 6.09 Å². The molecule has 0 saturated carbocycles. The number of aromatic nitrogens is 5. The van der Waals surface area contributed by atoms with Gasteiger partial charge in [0.25, 0.3) is 5.91 Å². The number of nitrogens with one attached hydrogen (secondary N) is 1. The standard InChI is InChI=1S/C15H19N7O3/c1-25-15(24)20-5-3-13-16-12(9-21(13)7-6-20)14(23)22-4-2-10-11(8-22)18-19-17-10/h9H,2-8H2,1H3,(H,17,18,19). The van der Waals surface area contributed by atoms with Gasteiger partial charge in [-0.05, 0) is 0 Å². The molecule has 0 fully saturated rings. The average Bonchev–Trinajstić information content (AvgIpc) is 3.22. The van der Waals surface area contributed by atoms with E-state index in [-0.39, 0.29) is 12.0 Å². The lowest BCUT2D eigenvalue weighted by Gasteiger charge is -2.24. The van der Waals surface area contributed by atoms with Crippen LogP contribution in [0.25, 0.3) is 0 Å². The molecule has 2 aromatic heterocycles. The second kappa shape index (κ2) is 6.19. The summed E-state index contributed by atoms with van der Waals surface area (Å²) in [6, 6.07) is 0. The minimum Gasteiger partial charge on any atom is -0.453 e. The van der Waals surface area contributed by atoms with Crippen LogP contribution >= 0.6 is 0 Å². The van der Waals surface area contributed by atoms with E-state index in [1.54, 1.807) is 16.0 Å². The van der Waals surface area contributed by atoms with Crippen LogP contribution in [0.1, 0.15) is 27.7 Å². The molecular formula is C15H19N7O3. The molecule has 2 amide bonds. The molecule has 1 N–H and O–H groups in total. The number of imidazole rings is 1. The molecule has 2 aromatic rings. The van der Waals surface area contributed by atoms with Crippen LogP contribution in [-0.2, 0) is 30.7 Å². The molecule has 0 aromatic carbocycles. The number of carbonyl (C=O) groups is 2. The summed E-state index contributed by atoms with van der Waals surface area (Å²) in [6.45, 7) is 2.72. The van der Waals surface area contributed by atoms with Crippen molar-refractivity contribution in [2.75, 3.05) is 26.7 Å². The second-order valence-corrected chi connectivity index (χ2v) is 6.14. The van der Waals surface area contributed by atoms with E-state index in [1.165, 1.54) is 7.11 Å². The highest BCUT2D eigenvalue weighted by molar-refractivity contribution is 5.92. The molecule has 10 heteroatoms. The number of aromatic amines is 1. The highest BCUT2D eigenvalue weighted by Crippen LogP contribution is 2.18. The Balaban J connectivity index is 1.47. The Labute approximate surface area is 143 Å². The fraction of sp³-hybridized carbons (Fsp3) is 0.533. The summed E-state index contributed by atoms with van der Waals surface area (Å²) in [5.41, 5.74) is 2.18. The van der Waals surface area contributed by atoms with Gasteiger partial charge in [-0.25, -0.2) is 9.78 Å². The number of amides is 2. The molecule has 0 atom stereocenters. The van der Waals surface area contributed by atoms with Gasteiger partial charge in [-0.1, -0.05) is 0 Å². The normalized spacial score (nSPS) is 16.8. The Morgan fingerprint density at radius 2 is 1.88 bits per heavy atom. The summed E-state index contributed by atoms with van der Waals surface area (Å²) in [5, 5.41) is 10.8. The zero-order valence-corrected chi connectivity index (χ0v) is 13.9. The van der Waals surface area contributed by atoms with Crippen molar-refractivity contribution in [3.8, 4) is 0 Å². The quantitative estimate of drug-likeness (QED) is 0.768. The molecule has 2 aliphatic rings. The van der Waals surface area contributed by atoms with Gasteiger partial charge in [0.1, 0.15) is 17.2 Å². The third-order valence-corrected chi connectivity index (χ3v) is 4.68. The second-order valence-electron chi connectivity index (χ2n) is 6.14. The average molecular weight is 345 g/mol. The summed E-state index contributed by atoms with van der Waals surface area (Å²) >= 11 is 0. The fourth-order valence-electron chi connectivity index (χ4n) is 3.27. The maximum absolute atomic E-state index is 12.8. The number of methoxy groups -OCH3 is 1. The zero-order valence-electron chi connectivity index (χ0n) is 13.9. The van der Waals surface area contributed by atoms with Crippen molar-refractivity contribution in [2.45, 2.75) is 25.9 Å². The molecule has 4 heterocycles. The molecular weight excluding hydrogens is 326 g/mol. The van der Waals surface area contributed by atoms with Gasteiger partial charge in [-0.3, -0.25) is 4.79 Å². The predicted octanol–water partition coefficient (Wildman–Crippen LogP) is -0.176. The number of rotatable bonds is 1. The molecule has 0 bridgehead atoms. The van der Waals surface area contributed by atoms with E-state index in [0.717, 1.165) is 17.2 Å². The van der Waals surface area contributed by atoms with Crippen molar-refractivity contribution < 1.29 is 14.3 Å². The van der Waals surface area contributed by atoms with Crippen LogP contribution in [0.15, 0.2) is 6.20 Å². The Hall–Kier alpha value is -2.91. The van der Waals surface area contributed by atoms with Gasteiger partial charge in [0.15, 0.2) is 0 Å². The minimum absolute atomic E-state index is 0.0981. The van der Waals surface area contributed by atoms with Gasteiger partial charge < -0.3 is 19.1 Å². The summed E-state index contributed by atoms with van der Waals surface area (Å²) in [6.07, 6.45) is 2.73. The summed E-state index contributed by atoms with van der Waals surface area (Å²) < 4.78 is 6.71. The van der Waals surface area contributed by atoms with Crippen molar-refractivity contribution >= 4 is 12.0 Å². The first-order valence-corrected chi connectivity index (χ1v) is 8.22. The Kier molecular flexibility index (Phi) is 3.86. The molecule has 0 radical (unpaired) electrons. The van der Waals surface area contributed by atoms with Crippen LogP contribution in [0.4, 0.5) is 4.79 Å². The number of ether oxygens (including phenoxy) is 1. The summed E-state index contributed by atoms with van der Waals surface area (Å²) in [7, 11) is 1.38. The topological polar surface area (TPSA) is 109 Å². The van der Waals surface area contributed by atoms with Crippen LogP contribution in [0, 0.1) is 0 Å². The van der Waals surface area contributed by atoms with Crippen LogP contribution in [0.5, 0.6) is 0 Å². The SMILES string of the molecule is COC(=O)N1CCc2nc(C(=O)N3CCc4n[nH]nc4C3)cn2CC1. The number of nitrogens with zero attached hydrogens (tertiary/aromatic N) is 6. The molecule has 2 aliphatic heterocycles. The van der Waals surface area contributed by atoms with Crippen molar-refractivity contribution in [1.29, 1.82) is 0 Å². The zero-order chi connectivity index (χ0) is 17.4. The van der Waals surface area contributed by atoms with E-state index < -0.39 is 0 Å². The number of fused-ring (bicyclic) bond motifs is 2. The molecule has 0 spiro atoms. The first-order valence-electron chi connectivity index (χ1n) is 8.22. The molecule has 25 heavy (non-hydrogen) atoms. The fourth-order valence-corrected chi connectivity index (χ4v) is 3.27. The first-order chi connectivity index (χ1) is 12.2. The third kappa shape index (κ3) is 2.83. The van der Waals surface area contributed by atoms with Crippen molar-refractivity contribution in [3.05, 3.63) is 29.1 Å². The van der Waals surface area contributed by atoms with Crippen LogP contribution in [-0.4, -0.2) is 73.5 Å².